The van der Waals surface area contributed by atoms with Crippen LogP contribution in [0.4, 0.5) is 0 Å². The zero-order valence-electron chi connectivity index (χ0n) is 13.9. The highest BCUT2D eigenvalue weighted by Crippen LogP contribution is 2.21. The average Bonchev–Trinajstić information content (AvgIpc) is 2.91. The van der Waals surface area contributed by atoms with E-state index < -0.39 is 0 Å². The second kappa shape index (κ2) is 6.61. The SMILES string of the molecule is Cc1cc(C)n([C@H](C)CNC(=O)c2ccc3cccc(Cl)c3n2)n1. The fraction of sp³-hybridized carbons (Fsp3) is 0.278. The van der Waals surface area contributed by atoms with E-state index in [0.717, 1.165) is 16.8 Å². The first-order chi connectivity index (χ1) is 11.5. The normalized spacial score (nSPS) is 12.3. The van der Waals surface area contributed by atoms with Gasteiger partial charge < -0.3 is 5.32 Å². The van der Waals surface area contributed by atoms with Crippen molar-refractivity contribution in [1.29, 1.82) is 0 Å². The fourth-order valence-electron chi connectivity index (χ4n) is 2.75. The molecule has 0 spiro atoms. The predicted molar refractivity (Wildman–Crippen MR) is 95.5 cm³/mol. The molecular weight excluding hydrogens is 324 g/mol. The quantitative estimate of drug-likeness (QED) is 0.786. The number of hydrogen-bond donors (Lipinski definition) is 1. The first kappa shape index (κ1) is 16.5. The van der Waals surface area contributed by atoms with Crippen LogP contribution in [0, 0.1) is 13.8 Å². The summed E-state index contributed by atoms with van der Waals surface area (Å²) < 4.78 is 1.92. The number of nitrogens with one attached hydrogen (secondary N) is 1. The highest BCUT2D eigenvalue weighted by atomic mass is 35.5. The molecule has 1 N–H and O–H groups in total. The van der Waals surface area contributed by atoms with Gasteiger partial charge in [-0.2, -0.15) is 5.10 Å². The molecule has 0 radical (unpaired) electrons. The summed E-state index contributed by atoms with van der Waals surface area (Å²) in [6.07, 6.45) is 0. The maximum atomic E-state index is 12.4. The Labute approximate surface area is 145 Å². The Balaban J connectivity index is 1.73. The van der Waals surface area contributed by atoms with Crippen molar-refractivity contribution in [2.24, 2.45) is 0 Å². The minimum atomic E-state index is -0.217. The van der Waals surface area contributed by atoms with Gasteiger partial charge in [-0.15, -0.1) is 0 Å². The number of fused-ring (bicyclic) bond motifs is 1. The van der Waals surface area contributed by atoms with Crippen molar-refractivity contribution in [2.75, 3.05) is 6.54 Å². The monoisotopic (exact) mass is 342 g/mol. The molecule has 6 heteroatoms. The highest BCUT2D eigenvalue weighted by Gasteiger charge is 2.13. The topological polar surface area (TPSA) is 59.8 Å². The molecule has 3 rings (SSSR count). The van der Waals surface area contributed by atoms with Crippen molar-refractivity contribution in [2.45, 2.75) is 26.8 Å². The third-order valence-corrected chi connectivity index (χ3v) is 4.23. The van der Waals surface area contributed by atoms with E-state index in [9.17, 15) is 4.79 Å². The lowest BCUT2D eigenvalue weighted by Crippen LogP contribution is -2.30. The summed E-state index contributed by atoms with van der Waals surface area (Å²) >= 11 is 6.16. The van der Waals surface area contributed by atoms with E-state index in [1.165, 1.54) is 0 Å². The Morgan fingerprint density at radius 3 is 2.79 bits per heavy atom. The van der Waals surface area contributed by atoms with Gasteiger partial charge >= 0.3 is 0 Å². The summed E-state index contributed by atoms with van der Waals surface area (Å²) in [5, 5.41) is 8.81. The molecule has 0 aliphatic heterocycles. The van der Waals surface area contributed by atoms with Gasteiger partial charge in [0.05, 0.1) is 22.3 Å². The van der Waals surface area contributed by atoms with Crippen LogP contribution in [0.1, 0.15) is 34.8 Å². The van der Waals surface area contributed by atoms with Crippen LogP contribution >= 0.6 is 11.6 Å². The Morgan fingerprint density at radius 1 is 1.29 bits per heavy atom. The molecule has 0 saturated carbocycles. The number of hydrogen-bond acceptors (Lipinski definition) is 3. The Hall–Kier alpha value is -2.40. The first-order valence-corrected chi connectivity index (χ1v) is 8.19. The largest absolute Gasteiger partial charge is 0.349 e. The standard InChI is InChI=1S/C18H19ClN4O/c1-11-9-12(2)23(22-11)13(3)10-20-18(24)16-8-7-14-5-4-6-15(19)17(14)21-16/h4-9,13H,10H2,1-3H3,(H,20,24)/t13-/m1/s1. The van der Waals surface area contributed by atoms with Gasteiger partial charge in [0.25, 0.3) is 5.91 Å². The van der Waals surface area contributed by atoms with E-state index >= 15 is 0 Å². The molecule has 1 aromatic carbocycles. The smallest absolute Gasteiger partial charge is 0.269 e. The molecule has 24 heavy (non-hydrogen) atoms. The van der Waals surface area contributed by atoms with Gasteiger partial charge in [0.1, 0.15) is 5.69 Å². The van der Waals surface area contributed by atoms with Crippen LogP contribution in [0.5, 0.6) is 0 Å². The molecule has 3 aromatic rings. The minimum absolute atomic E-state index is 0.0618. The molecule has 0 unspecified atom stereocenters. The number of nitrogens with zero attached hydrogens (tertiary/aromatic N) is 3. The van der Waals surface area contributed by atoms with Gasteiger partial charge in [-0.25, -0.2) is 4.98 Å². The summed E-state index contributed by atoms with van der Waals surface area (Å²) in [6, 6.07) is 11.2. The average molecular weight is 343 g/mol. The second-order valence-corrected chi connectivity index (χ2v) is 6.35. The minimum Gasteiger partial charge on any atom is -0.349 e. The van der Waals surface area contributed by atoms with E-state index in [0.29, 0.717) is 22.8 Å². The molecule has 0 fully saturated rings. The molecule has 5 nitrogen and oxygen atoms in total. The summed E-state index contributed by atoms with van der Waals surface area (Å²) in [5.41, 5.74) is 3.04. The molecule has 0 aliphatic carbocycles. The summed E-state index contributed by atoms with van der Waals surface area (Å²) in [7, 11) is 0. The number of para-hydroxylation sites is 1. The van der Waals surface area contributed by atoms with Crippen molar-refractivity contribution in [3.05, 3.63) is 58.5 Å². The second-order valence-electron chi connectivity index (χ2n) is 5.94. The number of halogens is 1. The van der Waals surface area contributed by atoms with Gasteiger partial charge in [-0.05, 0) is 39.0 Å². The summed E-state index contributed by atoms with van der Waals surface area (Å²) in [4.78, 5) is 16.8. The predicted octanol–water partition coefficient (Wildman–Crippen LogP) is 3.69. The molecular formula is C18H19ClN4O. The fourth-order valence-corrected chi connectivity index (χ4v) is 2.97. The lowest BCUT2D eigenvalue weighted by molar-refractivity contribution is 0.0943. The van der Waals surface area contributed by atoms with Crippen molar-refractivity contribution >= 4 is 28.4 Å². The highest BCUT2D eigenvalue weighted by molar-refractivity contribution is 6.35. The summed E-state index contributed by atoms with van der Waals surface area (Å²) in [5.74, 6) is -0.217. The maximum absolute atomic E-state index is 12.4. The third-order valence-electron chi connectivity index (χ3n) is 3.92. The van der Waals surface area contributed by atoms with Crippen molar-refractivity contribution in [1.82, 2.24) is 20.1 Å². The molecule has 0 saturated heterocycles. The Bertz CT molecular complexity index is 903. The van der Waals surface area contributed by atoms with Crippen LogP contribution < -0.4 is 5.32 Å². The van der Waals surface area contributed by atoms with Crippen LogP contribution in [0.15, 0.2) is 36.4 Å². The lowest BCUT2D eigenvalue weighted by Gasteiger charge is -2.15. The number of pyridine rings is 1. The van der Waals surface area contributed by atoms with Gasteiger partial charge in [-0.3, -0.25) is 9.48 Å². The lowest BCUT2D eigenvalue weighted by atomic mass is 10.2. The number of carbonyl (C=O) groups is 1. The Kier molecular flexibility index (Phi) is 4.53. The third kappa shape index (κ3) is 3.26. The van der Waals surface area contributed by atoms with Crippen LogP contribution in [-0.2, 0) is 0 Å². The summed E-state index contributed by atoms with van der Waals surface area (Å²) in [6.45, 7) is 6.45. The number of aromatic nitrogens is 3. The molecule has 1 amide bonds. The van der Waals surface area contributed by atoms with E-state index in [1.807, 2.05) is 49.7 Å². The Morgan fingerprint density at radius 2 is 2.08 bits per heavy atom. The van der Waals surface area contributed by atoms with Gasteiger partial charge in [0.2, 0.25) is 0 Å². The van der Waals surface area contributed by atoms with E-state index in [-0.39, 0.29) is 11.9 Å². The van der Waals surface area contributed by atoms with Crippen molar-refractivity contribution in [3.63, 3.8) is 0 Å². The van der Waals surface area contributed by atoms with E-state index in [1.54, 1.807) is 12.1 Å². The van der Waals surface area contributed by atoms with Crippen LogP contribution in [0.2, 0.25) is 5.02 Å². The number of rotatable bonds is 4. The van der Waals surface area contributed by atoms with Crippen molar-refractivity contribution < 1.29 is 4.79 Å². The van der Waals surface area contributed by atoms with Crippen LogP contribution in [0.25, 0.3) is 10.9 Å². The molecule has 1 atom stereocenters. The molecule has 2 heterocycles. The number of carbonyl (C=O) groups excluding carboxylic acids is 1. The van der Waals surface area contributed by atoms with E-state index in [4.69, 9.17) is 11.6 Å². The molecule has 2 aromatic heterocycles. The number of amides is 1. The zero-order valence-corrected chi connectivity index (χ0v) is 14.6. The molecule has 0 bridgehead atoms. The van der Waals surface area contributed by atoms with Crippen LogP contribution in [0.3, 0.4) is 0 Å². The van der Waals surface area contributed by atoms with Crippen LogP contribution in [-0.4, -0.2) is 27.2 Å². The van der Waals surface area contributed by atoms with Gasteiger partial charge in [0, 0.05) is 17.6 Å². The molecule has 0 aliphatic rings. The van der Waals surface area contributed by atoms with Crippen molar-refractivity contribution in [3.8, 4) is 0 Å². The number of aryl methyl sites for hydroxylation is 2. The maximum Gasteiger partial charge on any atom is 0.269 e. The van der Waals surface area contributed by atoms with Gasteiger partial charge in [-0.1, -0.05) is 29.8 Å². The molecule has 124 valence electrons. The first-order valence-electron chi connectivity index (χ1n) is 7.82. The van der Waals surface area contributed by atoms with Gasteiger partial charge in [0.15, 0.2) is 0 Å². The van der Waals surface area contributed by atoms with E-state index in [2.05, 4.69) is 15.4 Å². The number of benzene rings is 1. The zero-order chi connectivity index (χ0) is 17.3.